The number of Topliss-reactive ketones (excluding diaryl/α,β-unsaturated/α-hetero) is 1. The van der Waals surface area contributed by atoms with E-state index in [1.54, 1.807) is 6.92 Å². The lowest BCUT2D eigenvalue weighted by Gasteiger charge is -2.32. The Balaban J connectivity index is 2.00. The minimum atomic E-state index is -1.14. The van der Waals surface area contributed by atoms with E-state index in [0.29, 0.717) is 12.3 Å². The van der Waals surface area contributed by atoms with Gasteiger partial charge < -0.3 is 24.6 Å². The Morgan fingerprint density at radius 3 is 2.45 bits per heavy atom. The van der Waals surface area contributed by atoms with Gasteiger partial charge in [0.25, 0.3) is 0 Å². The van der Waals surface area contributed by atoms with Crippen LogP contribution < -0.4 is 5.32 Å². The largest absolute Gasteiger partial charge is 0.445 e. The average molecular weight is 436 g/mol. The maximum Gasteiger partial charge on any atom is 0.407 e. The van der Waals surface area contributed by atoms with Crippen LogP contribution in [0, 0.1) is 5.92 Å². The van der Waals surface area contributed by atoms with Crippen LogP contribution in [-0.2, 0) is 25.6 Å². The number of hydrogen-bond donors (Lipinski definition) is 2. The summed E-state index contributed by atoms with van der Waals surface area (Å²) in [6, 6.07) is 8.84. The van der Waals surface area contributed by atoms with Crippen molar-refractivity contribution < 1.29 is 28.9 Å². The summed E-state index contributed by atoms with van der Waals surface area (Å²) in [5, 5.41) is 13.7. The molecule has 0 spiro atoms. The van der Waals surface area contributed by atoms with Gasteiger partial charge in [0, 0.05) is 20.6 Å². The van der Waals surface area contributed by atoms with Crippen LogP contribution in [0.5, 0.6) is 0 Å². The molecule has 1 unspecified atom stereocenters. The number of carbonyl (C=O) groups is 2. The van der Waals surface area contributed by atoms with Crippen LogP contribution in [0.2, 0.25) is 0 Å². The first-order valence-electron chi connectivity index (χ1n) is 11.1. The Kier molecular flexibility index (Phi) is 10.4. The van der Waals surface area contributed by atoms with Crippen molar-refractivity contribution in [3.63, 3.8) is 0 Å². The number of aliphatic hydroxyl groups excluding tert-OH is 1. The highest BCUT2D eigenvalue weighted by molar-refractivity contribution is 5.87. The van der Waals surface area contributed by atoms with E-state index in [0.717, 1.165) is 31.2 Å². The van der Waals surface area contributed by atoms with E-state index in [2.05, 4.69) is 5.32 Å². The minimum absolute atomic E-state index is 0.0922. The molecule has 1 amide bonds. The zero-order valence-corrected chi connectivity index (χ0v) is 19.0. The number of ether oxygens (including phenoxy) is 3. The van der Waals surface area contributed by atoms with Crippen LogP contribution in [0.1, 0.15) is 57.4 Å². The van der Waals surface area contributed by atoms with Crippen molar-refractivity contribution in [2.75, 3.05) is 20.8 Å². The molecular weight excluding hydrogens is 398 g/mol. The summed E-state index contributed by atoms with van der Waals surface area (Å²) in [6.45, 7) is 1.88. The minimum Gasteiger partial charge on any atom is -0.445 e. The number of aliphatic hydroxyl groups is 1. The standard InChI is InChI=1S/C24H37NO6/c1-24(30-3,17-29-2)22(27)15-21(26)20(14-18-10-6-4-7-11-18)25-23(28)31-16-19-12-8-5-9-13-19/h5,8-9,12-13,18,20-21,26H,4,6-7,10-11,14-17H2,1-3H3,(H,25,28)/t20-,21-,24?/m0/s1. The van der Waals surface area contributed by atoms with Gasteiger partial charge in [0.15, 0.2) is 5.78 Å². The molecule has 1 aromatic rings. The number of alkyl carbamates (subject to hydrolysis) is 1. The quantitative estimate of drug-likeness (QED) is 0.521. The second-order valence-electron chi connectivity index (χ2n) is 8.61. The van der Waals surface area contributed by atoms with Gasteiger partial charge in [0.2, 0.25) is 0 Å². The first-order chi connectivity index (χ1) is 14.9. The summed E-state index contributed by atoms with van der Waals surface area (Å²) in [5.41, 5.74) is -0.258. The van der Waals surface area contributed by atoms with Crippen LogP contribution in [0.15, 0.2) is 30.3 Å². The van der Waals surface area contributed by atoms with Crippen LogP contribution in [0.4, 0.5) is 4.79 Å². The molecule has 1 fully saturated rings. The molecule has 0 aromatic heterocycles. The predicted molar refractivity (Wildman–Crippen MR) is 118 cm³/mol. The maximum absolute atomic E-state index is 12.8. The van der Waals surface area contributed by atoms with Crippen LogP contribution in [-0.4, -0.2) is 55.6 Å². The fraction of sp³-hybridized carbons (Fsp3) is 0.667. The third-order valence-electron chi connectivity index (χ3n) is 6.15. The summed E-state index contributed by atoms with van der Waals surface area (Å²) in [7, 11) is 2.94. The van der Waals surface area contributed by atoms with Gasteiger partial charge >= 0.3 is 6.09 Å². The number of ketones is 1. The van der Waals surface area contributed by atoms with Crippen LogP contribution in [0.25, 0.3) is 0 Å². The molecule has 1 aliphatic carbocycles. The highest BCUT2D eigenvalue weighted by Gasteiger charge is 2.36. The molecular formula is C24H37NO6. The number of methoxy groups -OCH3 is 2. The lowest BCUT2D eigenvalue weighted by molar-refractivity contribution is -0.147. The number of rotatable bonds is 12. The Hall–Kier alpha value is -1.96. The normalized spacial score (nSPS) is 18.6. The summed E-state index contributed by atoms with van der Waals surface area (Å²) >= 11 is 0. The van der Waals surface area contributed by atoms with E-state index in [1.165, 1.54) is 20.6 Å². The van der Waals surface area contributed by atoms with E-state index in [4.69, 9.17) is 14.2 Å². The Bertz CT molecular complexity index is 676. The van der Waals surface area contributed by atoms with Gasteiger partial charge in [-0.1, -0.05) is 62.4 Å². The van der Waals surface area contributed by atoms with Gasteiger partial charge in [-0.2, -0.15) is 0 Å². The van der Waals surface area contributed by atoms with Crippen molar-refractivity contribution >= 4 is 11.9 Å². The van der Waals surface area contributed by atoms with Crippen molar-refractivity contribution in [1.82, 2.24) is 5.32 Å². The fourth-order valence-electron chi connectivity index (χ4n) is 4.09. The van der Waals surface area contributed by atoms with E-state index < -0.39 is 23.8 Å². The van der Waals surface area contributed by atoms with Crippen LogP contribution >= 0.6 is 0 Å². The lowest BCUT2D eigenvalue weighted by atomic mass is 9.82. The highest BCUT2D eigenvalue weighted by Crippen LogP contribution is 2.29. The average Bonchev–Trinajstić information content (AvgIpc) is 2.78. The zero-order chi connectivity index (χ0) is 22.7. The van der Waals surface area contributed by atoms with Crippen molar-refractivity contribution in [3.8, 4) is 0 Å². The molecule has 1 aliphatic rings. The van der Waals surface area contributed by atoms with E-state index in [-0.39, 0.29) is 25.4 Å². The highest BCUT2D eigenvalue weighted by atomic mass is 16.5. The monoisotopic (exact) mass is 435 g/mol. The zero-order valence-electron chi connectivity index (χ0n) is 19.0. The van der Waals surface area contributed by atoms with Crippen molar-refractivity contribution in [1.29, 1.82) is 0 Å². The molecule has 0 saturated heterocycles. The molecule has 174 valence electrons. The molecule has 2 N–H and O–H groups in total. The number of carbonyl (C=O) groups excluding carboxylic acids is 2. The lowest BCUT2D eigenvalue weighted by Crippen LogP contribution is -2.49. The molecule has 0 radical (unpaired) electrons. The Labute approximate surface area is 185 Å². The molecule has 31 heavy (non-hydrogen) atoms. The topological polar surface area (TPSA) is 94.1 Å². The molecule has 7 nitrogen and oxygen atoms in total. The molecule has 0 aliphatic heterocycles. The number of benzene rings is 1. The van der Waals surface area contributed by atoms with Gasteiger partial charge in [-0.25, -0.2) is 4.79 Å². The predicted octanol–water partition coefficient (Wildman–Crippen LogP) is 3.62. The van der Waals surface area contributed by atoms with Gasteiger partial charge in [-0.3, -0.25) is 4.79 Å². The fourth-order valence-corrected chi connectivity index (χ4v) is 4.09. The third kappa shape index (κ3) is 8.24. The first-order valence-corrected chi connectivity index (χ1v) is 11.1. The third-order valence-corrected chi connectivity index (χ3v) is 6.15. The molecule has 3 atom stereocenters. The first kappa shape index (κ1) is 25.3. The second-order valence-corrected chi connectivity index (χ2v) is 8.61. The number of hydrogen-bond acceptors (Lipinski definition) is 6. The molecule has 1 saturated carbocycles. The smallest absolute Gasteiger partial charge is 0.407 e. The molecule has 2 rings (SSSR count). The van der Waals surface area contributed by atoms with E-state index >= 15 is 0 Å². The molecule has 1 aromatic carbocycles. The molecule has 7 heteroatoms. The summed E-state index contributed by atoms with van der Waals surface area (Å²) in [4.78, 5) is 25.2. The van der Waals surface area contributed by atoms with Crippen LogP contribution in [0.3, 0.4) is 0 Å². The summed E-state index contributed by atoms with van der Waals surface area (Å²) in [5.74, 6) is 0.142. The van der Waals surface area contributed by atoms with Gasteiger partial charge in [0.05, 0.1) is 18.8 Å². The van der Waals surface area contributed by atoms with Crippen molar-refractivity contribution in [3.05, 3.63) is 35.9 Å². The van der Waals surface area contributed by atoms with Crippen molar-refractivity contribution in [2.45, 2.75) is 76.2 Å². The molecule has 0 heterocycles. The number of nitrogens with one attached hydrogen (secondary N) is 1. The van der Waals surface area contributed by atoms with Crippen molar-refractivity contribution in [2.24, 2.45) is 5.92 Å². The SMILES string of the molecule is COCC(C)(OC)C(=O)C[C@H](O)[C@H](CC1CCCCC1)NC(=O)OCc1ccccc1. The van der Waals surface area contributed by atoms with Gasteiger partial charge in [-0.05, 0) is 24.8 Å². The van der Waals surface area contributed by atoms with E-state index in [9.17, 15) is 14.7 Å². The second kappa shape index (κ2) is 12.8. The molecule has 0 bridgehead atoms. The van der Waals surface area contributed by atoms with Gasteiger partial charge in [0.1, 0.15) is 12.2 Å². The number of amides is 1. The maximum atomic E-state index is 12.8. The van der Waals surface area contributed by atoms with Gasteiger partial charge in [-0.15, -0.1) is 0 Å². The summed E-state index contributed by atoms with van der Waals surface area (Å²) < 4.78 is 15.8. The Morgan fingerprint density at radius 2 is 1.84 bits per heavy atom. The van der Waals surface area contributed by atoms with E-state index in [1.807, 2.05) is 30.3 Å². The Morgan fingerprint density at radius 1 is 1.16 bits per heavy atom. The summed E-state index contributed by atoms with van der Waals surface area (Å²) in [6.07, 6.45) is 4.51.